The minimum Gasteiger partial charge on any atom is -0.261 e. The lowest BCUT2D eigenvalue weighted by Gasteiger charge is -2.32. The summed E-state index contributed by atoms with van der Waals surface area (Å²) in [6.07, 6.45) is 15.1. The van der Waals surface area contributed by atoms with Crippen LogP contribution in [0.25, 0.3) is 45.0 Å². The number of aromatic nitrogens is 3. The molecule has 0 amide bonds. The van der Waals surface area contributed by atoms with Gasteiger partial charge in [-0.15, -0.1) is 0 Å². The van der Waals surface area contributed by atoms with E-state index in [-0.39, 0.29) is 11.8 Å². The zero-order chi connectivity index (χ0) is 29.2. The van der Waals surface area contributed by atoms with Crippen LogP contribution >= 0.6 is 0 Å². The molecular weight excluding hydrogens is 524 g/mol. The van der Waals surface area contributed by atoms with Gasteiger partial charge in [0, 0.05) is 40.4 Å². The Bertz CT molecular complexity index is 1990. The first-order chi connectivity index (χ1) is 21.2. The third-order valence-electron chi connectivity index (χ3n) is 8.18. The van der Waals surface area contributed by atoms with Gasteiger partial charge in [0.05, 0.1) is 23.0 Å². The Morgan fingerprint density at radius 1 is 0.628 bits per heavy atom. The number of allylic oxidation sites excluding steroid dienone is 8. The Balaban J connectivity index is 1.27. The first-order valence-electron chi connectivity index (χ1n) is 14.4. The van der Waals surface area contributed by atoms with Crippen LogP contribution in [0.1, 0.15) is 22.4 Å². The third kappa shape index (κ3) is 5.14. The van der Waals surface area contributed by atoms with Gasteiger partial charge in [-0.3, -0.25) is 4.98 Å². The van der Waals surface area contributed by atoms with Crippen LogP contribution in [0.15, 0.2) is 140 Å². The second-order valence-electron chi connectivity index (χ2n) is 10.8. The van der Waals surface area contributed by atoms with E-state index in [1.807, 2.05) is 61.5 Å². The van der Waals surface area contributed by atoms with E-state index in [0.29, 0.717) is 11.4 Å². The van der Waals surface area contributed by atoms with Gasteiger partial charge in [-0.25, -0.2) is 9.97 Å². The lowest BCUT2D eigenvalue weighted by Crippen LogP contribution is -2.19. The van der Waals surface area contributed by atoms with Crippen LogP contribution in [-0.2, 0) is 0 Å². The molecule has 0 radical (unpaired) electrons. The maximum atomic E-state index is 9.43. The van der Waals surface area contributed by atoms with Crippen molar-refractivity contribution in [1.82, 2.24) is 15.0 Å². The van der Waals surface area contributed by atoms with Crippen molar-refractivity contribution in [2.24, 2.45) is 11.8 Å². The maximum Gasteiger partial charge on any atom is 0.160 e. The number of benzene rings is 3. The average Bonchev–Trinajstić information content (AvgIpc) is 3.08. The summed E-state index contributed by atoms with van der Waals surface area (Å²) in [6, 6.07) is 35.0. The van der Waals surface area contributed by atoms with Gasteiger partial charge >= 0.3 is 0 Å². The first kappa shape index (κ1) is 26.3. The molecule has 2 aliphatic rings. The summed E-state index contributed by atoms with van der Waals surface area (Å²) in [5, 5.41) is 9.43. The van der Waals surface area contributed by atoms with Crippen LogP contribution in [-0.4, -0.2) is 15.0 Å². The maximum absolute atomic E-state index is 9.43. The number of hydrogen-bond donors (Lipinski definition) is 0. The smallest absolute Gasteiger partial charge is 0.160 e. The van der Waals surface area contributed by atoms with Crippen LogP contribution in [0.4, 0.5) is 0 Å². The van der Waals surface area contributed by atoms with Crippen molar-refractivity contribution in [1.29, 1.82) is 5.26 Å². The van der Waals surface area contributed by atoms with Gasteiger partial charge < -0.3 is 0 Å². The second kappa shape index (κ2) is 11.3. The number of nitriles is 1. The molecule has 4 heteroatoms. The number of fused-ring (bicyclic) bond motifs is 1. The quantitative estimate of drug-likeness (QED) is 0.218. The first-order valence-corrected chi connectivity index (χ1v) is 14.4. The Labute approximate surface area is 251 Å². The molecule has 43 heavy (non-hydrogen) atoms. The lowest BCUT2D eigenvalue weighted by molar-refractivity contribution is 0.695. The van der Waals surface area contributed by atoms with Crippen molar-refractivity contribution in [3.05, 3.63) is 162 Å². The van der Waals surface area contributed by atoms with Crippen molar-refractivity contribution < 1.29 is 0 Å². The van der Waals surface area contributed by atoms with E-state index in [2.05, 4.69) is 90.0 Å². The van der Waals surface area contributed by atoms with Gasteiger partial charge in [0.1, 0.15) is 0 Å². The zero-order valence-electron chi connectivity index (χ0n) is 23.7. The summed E-state index contributed by atoms with van der Waals surface area (Å²) >= 11 is 0. The monoisotopic (exact) mass is 552 g/mol. The fourth-order valence-electron chi connectivity index (χ4n) is 5.99. The normalized spacial score (nSPS) is 17.0. The van der Waals surface area contributed by atoms with E-state index >= 15 is 0 Å². The summed E-state index contributed by atoms with van der Waals surface area (Å²) in [5.41, 5.74) is 11.1. The molecule has 2 aliphatic carbocycles. The van der Waals surface area contributed by atoms with E-state index in [0.717, 1.165) is 39.3 Å². The van der Waals surface area contributed by atoms with Gasteiger partial charge in [0.2, 0.25) is 0 Å². The highest BCUT2D eigenvalue weighted by molar-refractivity contribution is 5.84. The van der Waals surface area contributed by atoms with E-state index in [9.17, 15) is 5.26 Å². The molecule has 1 unspecified atom stereocenters. The zero-order valence-corrected chi connectivity index (χ0v) is 23.7. The highest BCUT2D eigenvalue weighted by Gasteiger charge is 2.29. The number of pyridine rings is 1. The minimum atomic E-state index is 0.208. The molecule has 0 fully saturated rings. The van der Waals surface area contributed by atoms with Crippen molar-refractivity contribution in [3.8, 4) is 40.0 Å². The molecule has 7 rings (SSSR count). The molecule has 3 aromatic carbocycles. The van der Waals surface area contributed by atoms with Crippen molar-refractivity contribution in [2.75, 3.05) is 0 Å². The summed E-state index contributed by atoms with van der Waals surface area (Å²) in [4.78, 5) is 14.4. The largest absolute Gasteiger partial charge is 0.261 e. The van der Waals surface area contributed by atoms with Gasteiger partial charge in [-0.05, 0) is 59.5 Å². The topological polar surface area (TPSA) is 62.5 Å². The Morgan fingerprint density at radius 3 is 2.02 bits per heavy atom. The SMILES string of the molecule is Cc1ncccc1-c1cc(-c2ccc(C3=CC=C(c4cccc(C#N)c4)[C@@H]4C=CC=CC34)cc2)nc(-c2ccccc2)n1. The van der Waals surface area contributed by atoms with Gasteiger partial charge in [0.15, 0.2) is 5.82 Å². The fourth-order valence-corrected chi connectivity index (χ4v) is 5.99. The molecule has 0 spiro atoms. The predicted octanol–water partition coefficient (Wildman–Crippen LogP) is 8.89. The molecule has 2 aromatic heterocycles. The summed E-state index contributed by atoms with van der Waals surface area (Å²) in [7, 11) is 0. The molecule has 2 atom stereocenters. The Kier molecular flexibility index (Phi) is 6.91. The van der Waals surface area contributed by atoms with E-state index in [1.165, 1.54) is 16.7 Å². The van der Waals surface area contributed by atoms with Crippen LogP contribution in [0.2, 0.25) is 0 Å². The Hall–Kier alpha value is -5.66. The van der Waals surface area contributed by atoms with Crippen molar-refractivity contribution >= 4 is 11.1 Å². The Morgan fingerprint density at radius 2 is 1.30 bits per heavy atom. The van der Waals surface area contributed by atoms with Crippen molar-refractivity contribution in [3.63, 3.8) is 0 Å². The van der Waals surface area contributed by atoms with Crippen LogP contribution in [0.3, 0.4) is 0 Å². The average molecular weight is 553 g/mol. The number of rotatable bonds is 5. The molecule has 5 aromatic rings. The number of nitrogens with zero attached hydrogens (tertiary/aromatic N) is 4. The van der Waals surface area contributed by atoms with Gasteiger partial charge in [-0.2, -0.15) is 5.26 Å². The molecule has 0 aliphatic heterocycles. The summed E-state index contributed by atoms with van der Waals surface area (Å²) < 4.78 is 0. The molecule has 0 N–H and O–H groups in total. The molecule has 2 heterocycles. The molecule has 0 bridgehead atoms. The molecule has 4 nitrogen and oxygen atoms in total. The summed E-state index contributed by atoms with van der Waals surface area (Å²) in [6.45, 7) is 2.01. The van der Waals surface area contributed by atoms with E-state index in [4.69, 9.17) is 9.97 Å². The molecule has 0 saturated carbocycles. The van der Waals surface area contributed by atoms with Crippen LogP contribution in [0, 0.1) is 30.1 Å². The van der Waals surface area contributed by atoms with E-state index in [1.54, 1.807) is 6.20 Å². The van der Waals surface area contributed by atoms with Gasteiger partial charge in [-0.1, -0.05) is 103 Å². The predicted molar refractivity (Wildman–Crippen MR) is 173 cm³/mol. The molecule has 0 saturated heterocycles. The molecular formula is C39H28N4. The summed E-state index contributed by atoms with van der Waals surface area (Å²) in [5.74, 6) is 1.11. The fraction of sp³-hybridized carbons (Fsp3) is 0.0769. The number of aryl methyl sites for hydroxylation is 1. The molecule has 204 valence electrons. The second-order valence-corrected chi connectivity index (χ2v) is 10.8. The highest BCUT2D eigenvalue weighted by Crippen LogP contribution is 2.44. The van der Waals surface area contributed by atoms with E-state index < -0.39 is 0 Å². The minimum absolute atomic E-state index is 0.208. The van der Waals surface area contributed by atoms with Gasteiger partial charge in [0.25, 0.3) is 0 Å². The van der Waals surface area contributed by atoms with Crippen LogP contribution < -0.4 is 0 Å². The third-order valence-corrected chi connectivity index (χ3v) is 8.18. The highest BCUT2D eigenvalue weighted by atomic mass is 14.9. The lowest BCUT2D eigenvalue weighted by atomic mass is 9.71. The standard InChI is InChI=1S/C39H28N4/c1-26-32(15-8-22-41-26)38-24-37(42-39(43-38)30-10-3-2-4-11-30)29-18-16-28(17-19-29)33-20-21-34(36-14-6-5-13-35(33)36)31-12-7-9-27(23-31)25-40/h2-24,35-36H,1H3/t35?,36-/m0/s1. The van der Waals surface area contributed by atoms with Crippen LogP contribution in [0.5, 0.6) is 0 Å². The van der Waals surface area contributed by atoms with Crippen molar-refractivity contribution in [2.45, 2.75) is 6.92 Å². The number of hydrogen-bond acceptors (Lipinski definition) is 4.